The Bertz CT molecular complexity index is 402. The summed E-state index contributed by atoms with van der Waals surface area (Å²) in [5.74, 6) is -2.15. The van der Waals surface area contributed by atoms with Crippen molar-refractivity contribution in [1.82, 2.24) is 0 Å². The molecule has 0 aromatic rings. The predicted molar refractivity (Wildman–Crippen MR) is 119 cm³/mol. The van der Waals surface area contributed by atoms with Crippen LogP contribution in [0.3, 0.4) is 0 Å². The van der Waals surface area contributed by atoms with Crippen molar-refractivity contribution in [2.45, 2.75) is 122 Å². The Kier molecular flexibility index (Phi) is 27.1. The maximum absolute atomic E-state index is 10.1. The summed E-state index contributed by atoms with van der Waals surface area (Å²) in [6.07, 6.45) is 20.6. The summed E-state index contributed by atoms with van der Waals surface area (Å²) in [5.41, 5.74) is 0. The van der Waals surface area contributed by atoms with Gasteiger partial charge in [-0.05, 0) is 6.42 Å². The van der Waals surface area contributed by atoms with Crippen LogP contribution in [0.5, 0.6) is 0 Å². The normalized spacial score (nSPS) is 11.5. The lowest BCUT2D eigenvalue weighted by Crippen LogP contribution is -2.00. The second-order valence-corrected chi connectivity index (χ2v) is 8.26. The van der Waals surface area contributed by atoms with Crippen molar-refractivity contribution in [2.24, 2.45) is 0 Å². The number of rotatable bonds is 21. The number of hydrogen-bond acceptors (Lipinski definition) is 5. The summed E-state index contributed by atoms with van der Waals surface area (Å²) in [6.45, 7) is 2.61. The van der Waals surface area contributed by atoms with E-state index in [0.717, 1.165) is 12.8 Å². The number of carboxylic acid groups (broad SMARTS) is 2. The SMILES string of the molecule is CCCCCCCCCCCCCCCCCCOS(=O)[O-].O=C(O)CCC(=O)O. The molecule has 0 rings (SSSR count). The van der Waals surface area contributed by atoms with Gasteiger partial charge in [-0.1, -0.05) is 103 Å². The first-order chi connectivity index (χ1) is 14.4. The maximum Gasteiger partial charge on any atom is 0.303 e. The van der Waals surface area contributed by atoms with Crippen molar-refractivity contribution in [2.75, 3.05) is 6.61 Å². The fourth-order valence-electron chi connectivity index (χ4n) is 2.99. The fraction of sp³-hybridized carbons (Fsp3) is 0.909. The van der Waals surface area contributed by atoms with Crippen molar-refractivity contribution < 1.29 is 32.7 Å². The Morgan fingerprint density at radius 3 is 1.23 bits per heavy atom. The molecule has 1 atom stereocenters. The molecular formula is C22H43O7S-. The molecule has 1 unspecified atom stereocenters. The van der Waals surface area contributed by atoms with E-state index in [4.69, 9.17) is 10.2 Å². The molecule has 0 bridgehead atoms. The van der Waals surface area contributed by atoms with Crippen molar-refractivity contribution in [3.63, 3.8) is 0 Å². The van der Waals surface area contributed by atoms with Gasteiger partial charge in [-0.3, -0.25) is 9.59 Å². The van der Waals surface area contributed by atoms with E-state index in [0.29, 0.717) is 6.61 Å². The highest BCUT2D eigenvalue weighted by atomic mass is 32.2. The fourth-order valence-corrected chi connectivity index (χ4v) is 3.24. The van der Waals surface area contributed by atoms with Crippen molar-refractivity contribution in [3.8, 4) is 0 Å². The summed E-state index contributed by atoms with van der Waals surface area (Å²) in [6, 6.07) is 0. The monoisotopic (exact) mass is 451 g/mol. The molecule has 0 amide bonds. The highest BCUT2D eigenvalue weighted by Crippen LogP contribution is 2.13. The van der Waals surface area contributed by atoms with E-state index in [1.165, 1.54) is 89.9 Å². The molecule has 180 valence electrons. The molecule has 0 aromatic heterocycles. The summed E-state index contributed by atoms with van der Waals surface area (Å²) < 4.78 is 24.8. The molecule has 0 saturated heterocycles. The number of aliphatic carboxylic acids is 2. The third-order valence-electron chi connectivity index (χ3n) is 4.73. The minimum Gasteiger partial charge on any atom is -0.750 e. The van der Waals surface area contributed by atoms with Gasteiger partial charge in [0.25, 0.3) is 0 Å². The van der Waals surface area contributed by atoms with Gasteiger partial charge in [0.05, 0.1) is 30.8 Å². The van der Waals surface area contributed by atoms with E-state index in [1.807, 2.05) is 0 Å². The van der Waals surface area contributed by atoms with Crippen LogP contribution in [0.4, 0.5) is 0 Å². The molecule has 0 heterocycles. The molecule has 30 heavy (non-hydrogen) atoms. The van der Waals surface area contributed by atoms with E-state index >= 15 is 0 Å². The minimum absolute atomic E-state index is 0.296. The van der Waals surface area contributed by atoms with Crippen LogP contribution >= 0.6 is 0 Å². The summed E-state index contributed by atoms with van der Waals surface area (Å²) in [4.78, 5) is 19.3. The van der Waals surface area contributed by atoms with E-state index in [-0.39, 0.29) is 12.8 Å². The second kappa shape index (κ2) is 26.0. The van der Waals surface area contributed by atoms with Gasteiger partial charge in [0.1, 0.15) is 0 Å². The zero-order chi connectivity index (χ0) is 22.9. The summed E-state index contributed by atoms with van der Waals surface area (Å²) >= 11 is -2.33. The van der Waals surface area contributed by atoms with Crippen LogP contribution in [-0.4, -0.2) is 37.5 Å². The zero-order valence-electron chi connectivity index (χ0n) is 18.8. The third kappa shape index (κ3) is 34.5. The van der Waals surface area contributed by atoms with Crippen LogP contribution in [0.25, 0.3) is 0 Å². The topological polar surface area (TPSA) is 124 Å². The standard InChI is InChI=1S/C18H38O3S.C4H6O4/c1-2-3-4-5-6-7-8-9-10-11-12-13-14-15-16-17-18-21-22(19)20;5-3(6)1-2-4(7)8/h2-18H2,1H3,(H,19,20);1-2H2,(H,5,6)(H,7,8)/p-1. The van der Waals surface area contributed by atoms with Crippen molar-refractivity contribution >= 4 is 23.3 Å². The molecule has 0 aliphatic heterocycles. The molecule has 7 nitrogen and oxygen atoms in total. The minimum atomic E-state index is -2.33. The van der Waals surface area contributed by atoms with Crippen LogP contribution < -0.4 is 0 Å². The van der Waals surface area contributed by atoms with Gasteiger partial charge >= 0.3 is 11.9 Å². The Hall–Kier alpha value is -0.990. The quantitative estimate of drug-likeness (QED) is 0.162. The highest BCUT2D eigenvalue weighted by molar-refractivity contribution is 7.74. The van der Waals surface area contributed by atoms with Crippen molar-refractivity contribution in [1.29, 1.82) is 0 Å². The van der Waals surface area contributed by atoms with Gasteiger partial charge in [0.15, 0.2) is 0 Å². The van der Waals surface area contributed by atoms with Gasteiger partial charge in [-0.25, -0.2) is 4.21 Å². The van der Waals surface area contributed by atoms with Crippen molar-refractivity contribution in [3.05, 3.63) is 0 Å². The highest BCUT2D eigenvalue weighted by Gasteiger charge is 2.00. The van der Waals surface area contributed by atoms with Crippen LogP contribution in [0.1, 0.15) is 122 Å². The molecule has 0 radical (unpaired) electrons. The molecular weight excluding hydrogens is 408 g/mol. The van der Waals surface area contributed by atoms with Gasteiger partial charge < -0.3 is 18.9 Å². The van der Waals surface area contributed by atoms with Gasteiger partial charge in [-0.2, -0.15) is 0 Å². The number of carbonyl (C=O) groups is 2. The first kappa shape index (κ1) is 31.2. The first-order valence-electron chi connectivity index (χ1n) is 11.6. The lowest BCUT2D eigenvalue weighted by molar-refractivity contribution is -0.143. The molecule has 0 aliphatic rings. The number of unbranched alkanes of at least 4 members (excludes halogenated alkanes) is 15. The number of carboxylic acids is 2. The summed E-state index contributed by atoms with van der Waals surface area (Å²) in [5, 5.41) is 15.8. The van der Waals surface area contributed by atoms with Crippen LogP contribution in [0.15, 0.2) is 0 Å². The molecule has 0 spiro atoms. The Morgan fingerprint density at radius 2 is 0.967 bits per heavy atom. The molecule has 0 fully saturated rings. The average Bonchev–Trinajstić information content (AvgIpc) is 2.69. The maximum atomic E-state index is 10.1. The molecule has 0 saturated carbocycles. The lowest BCUT2D eigenvalue weighted by atomic mass is 10.0. The molecule has 0 aliphatic carbocycles. The number of hydrogen-bond donors (Lipinski definition) is 2. The lowest BCUT2D eigenvalue weighted by Gasteiger charge is -2.05. The predicted octanol–water partition coefficient (Wildman–Crippen LogP) is 5.99. The van der Waals surface area contributed by atoms with Crippen LogP contribution in [0, 0.1) is 0 Å². The Balaban J connectivity index is 0. The smallest absolute Gasteiger partial charge is 0.303 e. The van der Waals surface area contributed by atoms with Gasteiger partial charge in [-0.15, -0.1) is 0 Å². The van der Waals surface area contributed by atoms with E-state index in [1.54, 1.807) is 0 Å². The third-order valence-corrected chi connectivity index (χ3v) is 5.09. The van der Waals surface area contributed by atoms with Crippen LogP contribution in [0.2, 0.25) is 0 Å². The van der Waals surface area contributed by atoms with Gasteiger partial charge in [0, 0.05) is 0 Å². The van der Waals surface area contributed by atoms with E-state index < -0.39 is 23.3 Å². The summed E-state index contributed by atoms with van der Waals surface area (Å²) in [7, 11) is 0. The average molecular weight is 452 g/mol. The largest absolute Gasteiger partial charge is 0.750 e. The Morgan fingerprint density at radius 1 is 0.667 bits per heavy atom. The van der Waals surface area contributed by atoms with E-state index in [2.05, 4.69) is 11.1 Å². The first-order valence-corrected chi connectivity index (χ1v) is 12.6. The van der Waals surface area contributed by atoms with Gasteiger partial charge in [0.2, 0.25) is 0 Å². The zero-order valence-corrected chi connectivity index (χ0v) is 19.6. The van der Waals surface area contributed by atoms with Crippen LogP contribution in [-0.2, 0) is 25.1 Å². The van der Waals surface area contributed by atoms with E-state index in [9.17, 15) is 18.4 Å². The molecule has 0 aromatic carbocycles. The Labute approximate surface area is 185 Å². The molecule has 8 heteroatoms. The molecule has 2 N–H and O–H groups in total. The second-order valence-electron chi connectivity index (χ2n) is 7.62.